The summed E-state index contributed by atoms with van der Waals surface area (Å²) in [6.45, 7) is 3.14. The molecule has 1 aliphatic heterocycles. The van der Waals surface area contributed by atoms with E-state index in [1.807, 2.05) is 42.6 Å². The molecule has 3 N–H and O–H groups in total. The first-order valence-corrected chi connectivity index (χ1v) is 8.64. The van der Waals surface area contributed by atoms with Gasteiger partial charge in [0, 0.05) is 11.9 Å². The lowest BCUT2D eigenvalue weighted by Gasteiger charge is -2.43. The van der Waals surface area contributed by atoms with E-state index in [1.54, 1.807) is 0 Å². The highest BCUT2D eigenvalue weighted by atomic mass is 35.5. The number of rotatable bonds is 4. The first kappa shape index (κ1) is 18.9. The molecule has 1 aliphatic rings. The fraction of sp³-hybridized carbons (Fsp3) is 0.412. The van der Waals surface area contributed by atoms with E-state index < -0.39 is 11.6 Å². The molecule has 3 rings (SSSR count). The number of aliphatic hydroxyl groups excluding tert-OH is 1. The molecule has 0 radical (unpaired) electrons. The Balaban J connectivity index is 0.00000208. The van der Waals surface area contributed by atoms with Crippen LogP contribution in [0.15, 0.2) is 35.7 Å². The van der Waals surface area contributed by atoms with E-state index in [4.69, 9.17) is 0 Å². The van der Waals surface area contributed by atoms with Crippen molar-refractivity contribution in [3.8, 4) is 0 Å². The molecular weight excluding hydrogens is 346 g/mol. The molecule has 0 aliphatic carbocycles. The molecule has 1 aromatic heterocycles. The van der Waals surface area contributed by atoms with Crippen LogP contribution in [-0.4, -0.2) is 35.2 Å². The van der Waals surface area contributed by atoms with Crippen LogP contribution in [0.1, 0.15) is 22.7 Å². The molecule has 0 spiro atoms. The molecule has 0 saturated carbocycles. The minimum Gasteiger partial charge on any atom is -0.389 e. The van der Waals surface area contributed by atoms with Crippen LogP contribution in [0.4, 0.5) is 0 Å². The normalized spacial score (nSPS) is 23.3. The van der Waals surface area contributed by atoms with E-state index >= 15 is 0 Å². The average molecular weight is 368 g/mol. The third-order valence-corrected chi connectivity index (χ3v) is 5.08. The standard InChI is InChI=1S/C17H21N3O2S.ClH/c1-12-19-14(11-23-12)9-16(22)20-17(7-8-18-10-15(17)21)13-5-3-2-4-6-13;/h2-6,11,15,18,21H,7-10H2,1H3,(H,20,22);1H/t15-,17+;/m1./s1. The van der Waals surface area contributed by atoms with Crippen molar-refractivity contribution >= 4 is 29.7 Å². The lowest BCUT2D eigenvalue weighted by Crippen LogP contribution is -2.61. The zero-order valence-electron chi connectivity index (χ0n) is 13.5. The molecule has 5 nitrogen and oxygen atoms in total. The summed E-state index contributed by atoms with van der Waals surface area (Å²) < 4.78 is 0. The predicted molar refractivity (Wildman–Crippen MR) is 97.6 cm³/mol. The molecular formula is C17H22ClN3O2S. The predicted octanol–water partition coefficient (Wildman–Crippen LogP) is 1.78. The second-order valence-corrected chi connectivity index (χ2v) is 6.95. The number of hydrogen-bond acceptors (Lipinski definition) is 5. The van der Waals surface area contributed by atoms with Crippen LogP contribution in [0.2, 0.25) is 0 Å². The Morgan fingerprint density at radius 1 is 1.46 bits per heavy atom. The number of piperidine rings is 1. The van der Waals surface area contributed by atoms with Crippen molar-refractivity contribution in [1.29, 1.82) is 0 Å². The van der Waals surface area contributed by atoms with Crippen molar-refractivity contribution in [2.24, 2.45) is 0 Å². The third kappa shape index (κ3) is 3.95. The van der Waals surface area contributed by atoms with E-state index in [-0.39, 0.29) is 24.7 Å². The SMILES string of the molecule is Cc1nc(CC(=O)N[C@]2(c3ccccc3)CCNC[C@H]2O)cs1.Cl. The Bertz CT molecular complexity index is 679. The van der Waals surface area contributed by atoms with E-state index in [0.29, 0.717) is 13.0 Å². The molecule has 2 aromatic rings. The van der Waals surface area contributed by atoms with E-state index in [9.17, 15) is 9.90 Å². The smallest absolute Gasteiger partial charge is 0.226 e. The number of aliphatic hydroxyl groups is 1. The number of hydrogen-bond donors (Lipinski definition) is 3. The van der Waals surface area contributed by atoms with Crippen LogP contribution >= 0.6 is 23.7 Å². The summed E-state index contributed by atoms with van der Waals surface area (Å²) in [4.78, 5) is 16.9. The highest BCUT2D eigenvalue weighted by Crippen LogP contribution is 2.31. The molecule has 1 aromatic carbocycles. The van der Waals surface area contributed by atoms with Crippen LogP contribution < -0.4 is 10.6 Å². The number of carbonyl (C=O) groups is 1. The van der Waals surface area contributed by atoms with E-state index in [1.165, 1.54) is 11.3 Å². The number of halogens is 1. The van der Waals surface area contributed by atoms with Crippen LogP contribution in [0, 0.1) is 6.92 Å². The van der Waals surface area contributed by atoms with Crippen molar-refractivity contribution in [3.63, 3.8) is 0 Å². The van der Waals surface area contributed by atoms with Gasteiger partial charge in [-0.1, -0.05) is 30.3 Å². The van der Waals surface area contributed by atoms with Crippen molar-refractivity contribution in [2.45, 2.75) is 31.4 Å². The van der Waals surface area contributed by atoms with Gasteiger partial charge in [0.05, 0.1) is 28.8 Å². The summed E-state index contributed by atoms with van der Waals surface area (Å²) in [6, 6.07) is 9.72. The monoisotopic (exact) mass is 367 g/mol. The Labute approximate surface area is 151 Å². The van der Waals surface area contributed by atoms with E-state index in [0.717, 1.165) is 22.8 Å². The fourth-order valence-corrected chi connectivity index (χ4v) is 3.71. The summed E-state index contributed by atoms with van der Waals surface area (Å²) in [5, 5.41) is 19.7. The molecule has 1 saturated heterocycles. The Morgan fingerprint density at radius 2 is 2.21 bits per heavy atom. The zero-order chi connectivity index (χ0) is 16.3. The van der Waals surface area contributed by atoms with Gasteiger partial charge in [0.25, 0.3) is 0 Å². The zero-order valence-corrected chi connectivity index (χ0v) is 15.1. The topological polar surface area (TPSA) is 74.2 Å². The minimum atomic E-state index is -0.741. The van der Waals surface area contributed by atoms with Crippen LogP contribution in [0.3, 0.4) is 0 Å². The number of benzene rings is 1. The largest absolute Gasteiger partial charge is 0.389 e. The number of nitrogens with one attached hydrogen (secondary N) is 2. The van der Waals surface area contributed by atoms with Crippen LogP contribution in [-0.2, 0) is 16.8 Å². The molecule has 2 atom stereocenters. The number of amides is 1. The Kier molecular flexibility index (Phi) is 6.34. The molecule has 7 heteroatoms. The van der Waals surface area contributed by atoms with Gasteiger partial charge in [0.15, 0.2) is 0 Å². The van der Waals surface area contributed by atoms with Gasteiger partial charge in [-0.05, 0) is 25.5 Å². The number of carbonyl (C=O) groups excluding carboxylic acids is 1. The van der Waals surface area contributed by atoms with Gasteiger partial charge in [0.2, 0.25) is 5.91 Å². The Morgan fingerprint density at radius 3 is 2.83 bits per heavy atom. The first-order valence-electron chi connectivity index (χ1n) is 7.76. The average Bonchev–Trinajstić information content (AvgIpc) is 2.95. The minimum absolute atomic E-state index is 0. The molecule has 0 unspecified atom stereocenters. The van der Waals surface area contributed by atoms with Crippen molar-refractivity contribution in [3.05, 3.63) is 52.0 Å². The quantitative estimate of drug-likeness (QED) is 0.770. The van der Waals surface area contributed by atoms with Crippen molar-refractivity contribution in [2.75, 3.05) is 13.1 Å². The summed E-state index contributed by atoms with van der Waals surface area (Å²) in [5.41, 5.74) is 0.975. The highest BCUT2D eigenvalue weighted by molar-refractivity contribution is 7.09. The lowest BCUT2D eigenvalue weighted by atomic mass is 9.79. The summed E-state index contributed by atoms with van der Waals surface area (Å²) >= 11 is 1.54. The fourth-order valence-electron chi connectivity index (χ4n) is 3.10. The van der Waals surface area contributed by atoms with Gasteiger partial charge in [0.1, 0.15) is 0 Å². The van der Waals surface area contributed by atoms with Crippen molar-refractivity contribution < 1.29 is 9.90 Å². The van der Waals surface area contributed by atoms with Crippen molar-refractivity contribution in [1.82, 2.24) is 15.6 Å². The maximum Gasteiger partial charge on any atom is 0.226 e. The van der Waals surface area contributed by atoms with Gasteiger partial charge >= 0.3 is 0 Å². The third-order valence-electron chi connectivity index (χ3n) is 4.26. The summed E-state index contributed by atoms with van der Waals surface area (Å²) in [6.07, 6.45) is 0.221. The number of aryl methyl sites for hydroxylation is 1. The molecule has 130 valence electrons. The van der Waals surface area contributed by atoms with Crippen LogP contribution in [0.5, 0.6) is 0 Å². The molecule has 2 heterocycles. The van der Waals surface area contributed by atoms with Crippen LogP contribution in [0.25, 0.3) is 0 Å². The lowest BCUT2D eigenvalue weighted by molar-refractivity contribution is -0.125. The number of β-amino-alcohol motifs (C(OH)–C–C–N with tert-alkyl or cyclic N) is 1. The highest BCUT2D eigenvalue weighted by Gasteiger charge is 2.42. The number of thiazole rings is 1. The number of nitrogens with zero attached hydrogens (tertiary/aromatic N) is 1. The van der Waals surface area contributed by atoms with E-state index in [2.05, 4.69) is 15.6 Å². The molecule has 1 fully saturated rings. The summed E-state index contributed by atoms with van der Waals surface area (Å²) in [7, 11) is 0. The maximum absolute atomic E-state index is 12.5. The number of aromatic nitrogens is 1. The van der Waals surface area contributed by atoms with Gasteiger partial charge < -0.3 is 15.7 Å². The van der Waals surface area contributed by atoms with Gasteiger partial charge in [-0.25, -0.2) is 4.98 Å². The van der Waals surface area contributed by atoms with Gasteiger partial charge in [-0.2, -0.15) is 0 Å². The van der Waals surface area contributed by atoms with Gasteiger partial charge in [-0.15, -0.1) is 23.7 Å². The Hall–Kier alpha value is -1.47. The van der Waals surface area contributed by atoms with Gasteiger partial charge in [-0.3, -0.25) is 4.79 Å². The molecule has 0 bridgehead atoms. The second kappa shape index (κ2) is 8.07. The second-order valence-electron chi connectivity index (χ2n) is 5.89. The summed E-state index contributed by atoms with van der Waals surface area (Å²) in [5.74, 6) is -0.111. The molecule has 1 amide bonds. The molecule has 24 heavy (non-hydrogen) atoms. The maximum atomic E-state index is 12.5. The first-order chi connectivity index (χ1) is 11.1.